The van der Waals surface area contributed by atoms with E-state index in [-0.39, 0.29) is 30.2 Å². The minimum atomic E-state index is -0.270. The van der Waals surface area contributed by atoms with Crippen LogP contribution in [0.3, 0.4) is 0 Å². The number of amides is 1. The number of methoxy groups -OCH3 is 1. The van der Waals surface area contributed by atoms with E-state index in [2.05, 4.69) is 22.3 Å². The van der Waals surface area contributed by atoms with Crippen molar-refractivity contribution in [3.05, 3.63) is 16.3 Å². The second-order valence-electron chi connectivity index (χ2n) is 5.94. The number of nitrogens with one attached hydrogen (secondary N) is 1. The molecule has 1 N–H and O–H groups in total. The summed E-state index contributed by atoms with van der Waals surface area (Å²) >= 11 is 0. The molecule has 23 heavy (non-hydrogen) atoms. The highest BCUT2D eigenvalue weighted by Crippen LogP contribution is 2.26. The molecule has 0 spiro atoms. The summed E-state index contributed by atoms with van der Waals surface area (Å²) in [5, 5.41) is 7.29. The van der Waals surface area contributed by atoms with Gasteiger partial charge in [0.05, 0.1) is 0 Å². The highest BCUT2D eigenvalue weighted by atomic mass is 16.5. The van der Waals surface area contributed by atoms with Gasteiger partial charge in [-0.25, -0.2) is 9.48 Å². The van der Waals surface area contributed by atoms with Crippen LogP contribution >= 0.6 is 0 Å². The number of aryl methyl sites for hydroxylation is 1. The topological polar surface area (TPSA) is 78.2 Å². The van der Waals surface area contributed by atoms with E-state index in [0.29, 0.717) is 6.42 Å². The molecule has 2 atom stereocenters. The summed E-state index contributed by atoms with van der Waals surface area (Å²) in [6.07, 6.45) is 4.86. The van der Waals surface area contributed by atoms with E-state index in [1.165, 1.54) is 4.68 Å². The fourth-order valence-corrected chi connectivity index (χ4v) is 3.06. The lowest BCUT2D eigenvalue weighted by atomic mass is 9.82. The van der Waals surface area contributed by atoms with Gasteiger partial charge in [0.1, 0.15) is 12.4 Å². The molecule has 0 radical (unpaired) electrons. The molecule has 0 unspecified atom stereocenters. The van der Waals surface area contributed by atoms with Crippen molar-refractivity contribution >= 4 is 5.91 Å². The van der Waals surface area contributed by atoms with Crippen LogP contribution in [0.5, 0.6) is 0 Å². The zero-order valence-electron chi connectivity index (χ0n) is 14.0. The number of nitrogens with zero attached hydrogens (tertiary/aromatic N) is 3. The first-order valence-corrected chi connectivity index (χ1v) is 7.90. The van der Waals surface area contributed by atoms with Crippen LogP contribution < -0.4 is 11.0 Å². The van der Waals surface area contributed by atoms with Gasteiger partial charge in [-0.15, -0.1) is 0 Å². The standard InChI is InChI=1S/C16H24N4O3/c1-19-14(18-20(2)16(19)22)11-12-7-4-5-8-13(12)17-15(21)9-6-10-23-3/h12-13H,4-5,7-8,10-11H2,1-3H3,(H,17,21)/t12-,13-/m1/s1. The summed E-state index contributed by atoms with van der Waals surface area (Å²) < 4.78 is 7.74. The number of aromatic nitrogens is 3. The second-order valence-corrected chi connectivity index (χ2v) is 5.94. The molecule has 0 saturated heterocycles. The number of ether oxygens (including phenoxy) is 1. The van der Waals surface area contributed by atoms with Gasteiger partial charge in [-0.05, 0) is 24.7 Å². The van der Waals surface area contributed by atoms with E-state index < -0.39 is 0 Å². The smallest absolute Gasteiger partial charge is 0.345 e. The Balaban J connectivity index is 2.04. The van der Waals surface area contributed by atoms with Gasteiger partial charge in [0, 0.05) is 33.7 Å². The Morgan fingerprint density at radius 2 is 2.13 bits per heavy atom. The quantitative estimate of drug-likeness (QED) is 0.791. The van der Waals surface area contributed by atoms with Crippen LogP contribution in [0.25, 0.3) is 0 Å². The first-order valence-electron chi connectivity index (χ1n) is 7.90. The summed E-state index contributed by atoms with van der Waals surface area (Å²) in [6, 6.07) is 0.0743. The Hall–Kier alpha value is -2.07. The number of carbonyl (C=O) groups excluding carboxylic acids is 1. The highest BCUT2D eigenvalue weighted by Gasteiger charge is 2.28. The van der Waals surface area contributed by atoms with Gasteiger partial charge in [-0.1, -0.05) is 18.8 Å². The minimum Gasteiger partial charge on any atom is -0.372 e. The summed E-state index contributed by atoms with van der Waals surface area (Å²) in [5.74, 6) is 5.97. The summed E-state index contributed by atoms with van der Waals surface area (Å²) in [7, 11) is 4.93. The van der Waals surface area contributed by atoms with Crippen molar-refractivity contribution in [2.75, 3.05) is 13.7 Å². The number of hydrogen-bond acceptors (Lipinski definition) is 4. The molecule has 0 aromatic carbocycles. The number of carbonyl (C=O) groups is 1. The average Bonchev–Trinajstić information content (AvgIpc) is 2.77. The third kappa shape index (κ3) is 4.45. The van der Waals surface area contributed by atoms with Gasteiger partial charge in [-0.2, -0.15) is 5.10 Å². The zero-order valence-corrected chi connectivity index (χ0v) is 14.0. The fourth-order valence-electron chi connectivity index (χ4n) is 3.06. The molecule has 1 saturated carbocycles. The van der Waals surface area contributed by atoms with Crippen molar-refractivity contribution in [3.8, 4) is 11.8 Å². The lowest BCUT2D eigenvalue weighted by molar-refractivity contribution is -0.116. The Bertz CT molecular complexity index is 665. The monoisotopic (exact) mass is 320 g/mol. The Morgan fingerprint density at radius 1 is 1.39 bits per heavy atom. The van der Waals surface area contributed by atoms with Crippen molar-refractivity contribution in [2.24, 2.45) is 20.0 Å². The van der Waals surface area contributed by atoms with Gasteiger partial charge in [-0.3, -0.25) is 9.36 Å². The molecular weight excluding hydrogens is 296 g/mol. The molecular formula is C16H24N4O3. The van der Waals surface area contributed by atoms with Crippen molar-refractivity contribution < 1.29 is 9.53 Å². The molecule has 2 rings (SSSR count). The van der Waals surface area contributed by atoms with E-state index in [1.54, 1.807) is 25.8 Å². The maximum atomic E-state index is 11.9. The molecule has 126 valence electrons. The van der Waals surface area contributed by atoms with Gasteiger partial charge in [0.2, 0.25) is 0 Å². The Labute approximate surface area is 136 Å². The van der Waals surface area contributed by atoms with E-state index in [1.807, 2.05) is 0 Å². The fraction of sp³-hybridized carbons (Fsp3) is 0.688. The molecule has 1 amide bonds. The summed E-state index contributed by atoms with van der Waals surface area (Å²) in [6.45, 7) is 0.248. The van der Waals surface area contributed by atoms with Gasteiger partial charge in [0.25, 0.3) is 5.91 Å². The predicted molar refractivity (Wildman–Crippen MR) is 85.7 cm³/mol. The van der Waals surface area contributed by atoms with Crippen LogP contribution in [0.15, 0.2) is 4.79 Å². The molecule has 1 fully saturated rings. The first kappa shape index (κ1) is 17.3. The molecule has 0 aliphatic heterocycles. The average molecular weight is 320 g/mol. The SMILES string of the molecule is COCC#CC(=O)N[C@@H]1CCCC[C@@H]1Cc1nn(C)c(=O)n1C. The molecule has 1 aromatic heterocycles. The summed E-state index contributed by atoms with van der Waals surface area (Å²) in [4.78, 5) is 23.7. The molecule has 7 heteroatoms. The molecule has 7 nitrogen and oxygen atoms in total. The second kappa shape index (κ2) is 7.97. The van der Waals surface area contributed by atoms with Crippen LogP contribution in [0.1, 0.15) is 31.5 Å². The van der Waals surface area contributed by atoms with Crippen molar-refractivity contribution in [2.45, 2.75) is 38.1 Å². The molecule has 1 heterocycles. The zero-order chi connectivity index (χ0) is 16.8. The van der Waals surface area contributed by atoms with E-state index in [0.717, 1.165) is 31.5 Å². The predicted octanol–water partition coefficient (Wildman–Crippen LogP) is -0.0139. The van der Waals surface area contributed by atoms with E-state index >= 15 is 0 Å². The molecule has 1 aliphatic rings. The summed E-state index contributed by atoms with van der Waals surface area (Å²) in [5.41, 5.74) is -0.123. The normalized spacial score (nSPS) is 20.7. The Morgan fingerprint density at radius 3 is 2.78 bits per heavy atom. The minimum absolute atomic E-state index is 0.0743. The van der Waals surface area contributed by atoms with E-state index in [9.17, 15) is 9.59 Å². The first-order chi connectivity index (χ1) is 11.0. The van der Waals surface area contributed by atoms with Crippen LogP contribution in [0, 0.1) is 17.8 Å². The van der Waals surface area contributed by atoms with Crippen LogP contribution in [0.4, 0.5) is 0 Å². The lowest BCUT2D eigenvalue weighted by Gasteiger charge is -2.31. The number of hydrogen-bond donors (Lipinski definition) is 1. The maximum Gasteiger partial charge on any atom is 0.345 e. The lowest BCUT2D eigenvalue weighted by Crippen LogP contribution is -2.42. The third-order valence-corrected chi connectivity index (χ3v) is 4.31. The van der Waals surface area contributed by atoms with Gasteiger partial charge >= 0.3 is 5.69 Å². The van der Waals surface area contributed by atoms with Crippen LogP contribution in [-0.4, -0.2) is 40.0 Å². The highest BCUT2D eigenvalue weighted by molar-refractivity contribution is 5.93. The molecule has 1 aromatic rings. The van der Waals surface area contributed by atoms with Gasteiger partial charge < -0.3 is 10.1 Å². The Kier molecular flexibility index (Phi) is 5.99. The number of rotatable bonds is 4. The van der Waals surface area contributed by atoms with Crippen LogP contribution in [0.2, 0.25) is 0 Å². The van der Waals surface area contributed by atoms with Crippen molar-refractivity contribution in [1.29, 1.82) is 0 Å². The van der Waals surface area contributed by atoms with Gasteiger partial charge in [0.15, 0.2) is 0 Å². The molecule has 0 bridgehead atoms. The van der Waals surface area contributed by atoms with Crippen LogP contribution in [-0.2, 0) is 30.0 Å². The third-order valence-electron chi connectivity index (χ3n) is 4.31. The molecule has 1 aliphatic carbocycles. The largest absolute Gasteiger partial charge is 0.372 e. The maximum absolute atomic E-state index is 11.9. The van der Waals surface area contributed by atoms with E-state index in [4.69, 9.17) is 4.74 Å². The van der Waals surface area contributed by atoms with Crippen molar-refractivity contribution in [1.82, 2.24) is 19.7 Å². The van der Waals surface area contributed by atoms with Crippen molar-refractivity contribution in [3.63, 3.8) is 0 Å².